The fourth-order valence-corrected chi connectivity index (χ4v) is 3.08. The van der Waals surface area contributed by atoms with Crippen molar-refractivity contribution in [1.29, 1.82) is 0 Å². The number of nitrogens with zero attached hydrogens (tertiary/aromatic N) is 2. The van der Waals surface area contributed by atoms with Crippen LogP contribution in [0.5, 0.6) is 17.2 Å². The predicted octanol–water partition coefficient (Wildman–Crippen LogP) is 1.74. The van der Waals surface area contributed by atoms with Gasteiger partial charge in [0.15, 0.2) is 17.5 Å². The number of aliphatic imine (C=N–C) groups is 1. The Bertz CT molecular complexity index is 662. The summed E-state index contributed by atoms with van der Waals surface area (Å²) in [6, 6.07) is 3.86. The van der Waals surface area contributed by atoms with Crippen molar-refractivity contribution in [2.75, 3.05) is 41.0 Å². The zero-order valence-electron chi connectivity index (χ0n) is 17.0. The lowest BCUT2D eigenvalue weighted by Gasteiger charge is -2.31. The van der Waals surface area contributed by atoms with Gasteiger partial charge in [-0.1, -0.05) is 0 Å². The molecule has 0 aliphatic carbocycles. The number of amides is 1. The molecule has 1 aromatic rings. The lowest BCUT2D eigenvalue weighted by atomic mass is 10.1. The van der Waals surface area contributed by atoms with Crippen molar-refractivity contribution in [2.24, 2.45) is 10.7 Å². The zero-order valence-corrected chi connectivity index (χ0v) is 17.0. The number of hydrogen-bond acceptors (Lipinski definition) is 6. The summed E-state index contributed by atoms with van der Waals surface area (Å²) in [5, 5.41) is 3.22. The average molecular weight is 394 g/mol. The van der Waals surface area contributed by atoms with Crippen molar-refractivity contribution < 1.29 is 23.7 Å². The van der Waals surface area contributed by atoms with E-state index in [1.165, 1.54) is 0 Å². The number of carbonyl (C=O) groups excluding carboxylic acids is 1. The van der Waals surface area contributed by atoms with E-state index in [0.717, 1.165) is 18.4 Å². The number of rotatable bonds is 7. The van der Waals surface area contributed by atoms with Gasteiger partial charge in [-0.05, 0) is 37.5 Å². The van der Waals surface area contributed by atoms with Crippen molar-refractivity contribution in [3.63, 3.8) is 0 Å². The van der Waals surface area contributed by atoms with Gasteiger partial charge in [0, 0.05) is 19.1 Å². The molecule has 2 rings (SSSR count). The van der Waals surface area contributed by atoms with Crippen molar-refractivity contribution in [1.82, 2.24) is 10.2 Å². The summed E-state index contributed by atoms with van der Waals surface area (Å²) in [4.78, 5) is 17.9. The average Bonchev–Trinajstić information content (AvgIpc) is 2.72. The van der Waals surface area contributed by atoms with Crippen molar-refractivity contribution in [2.45, 2.75) is 32.4 Å². The van der Waals surface area contributed by atoms with Crippen LogP contribution in [0.25, 0.3) is 0 Å². The van der Waals surface area contributed by atoms with Crippen LogP contribution in [0.15, 0.2) is 17.1 Å². The number of ether oxygens (including phenoxy) is 4. The number of carbonyl (C=O) groups is 1. The third-order valence-corrected chi connectivity index (χ3v) is 4.53. The Morgan fingerprint density at radius 3 is 2.29 bits per heavy atom. The SMILES string of the molecule is CCOC(=O)N1CCC(NC(N)=NCc2cc(OC)c(OC)c(OC)c2)CC1. The van der Waals surface area contributed by atoms with Crippen molar-refractivity contribution in [3.8, 4) is 17.2 Å². The number of piperidine rings is 1. The van der Waals surface area contributed by atoms with Gasteiger partial charge in [0.1, 0.15) is 0 Å². The van der Waals surface area contributed by atoms with Gasteiger partial charge in [-0.15, -0.1) is 0 Å². The predicted molar refractivity (Wildman–Crippen MR) is 106 cm³/mol. The Morgan fingerprint density at radius 1 is 1.18 bits per heavy atom. The van der Waals surface area contributed by atoms with Crippen LogP contribution in [0, 0.1) is 0 Å². The highest BCUT2D eigenvalue weighted by molar-refractivity contribution is 5.78. The lowest BCUT2D eigenvalue weighted by molar-refractivity contribution is 0.0963. The van der Waals surface area contributed by atoms with Gasteiger partial charge in [0.2, 0.25) is 5.75 Å². The summed E-state index contributed by atoms with van der Waals surface area (Å²) in [5.74, 6) is 2.05. The number of likely N-dealkylation sites (tertiary alicyclic amines) is 1. The molecule has 1 aromatic carbocycles. The number of methoxy groups -OCH3 is 3. The number of nitrogens with one attached hydrogen (secondary N) is 1. The quantitative estimate of drug-likeness (QED) is 0.536. The molecular weight excluding hydrogens is 364 g/mol. The number of benzene rings is 1. The molecule has 0 atom stereocenters. The third kappa shape index (κ3) is 5.58. The standard InChI is InChI=1S/C19H30N4O5/c1-5-28-19(24)23-8-6-14(7-9-23)22-18(20)21-12-13-10-15(25-2)17(27-4)16(11-13)26-3/h10-11,14H,5-9,12H2,1-4H3,(H3,20,21,22). The van der Waals surface area contributed by atoms with Crippen LogP contribution in [0.3, 0.4) is 0 Å². The van der Waals surface area contributed by atoms with Crippen LogP contribution in [0.4, 0.5) is 4.79 Å². The molecule has 9 nitrogen and oxygen atoms in total. The monoisotopic (exact) mass is 394 g/mol. The summed E-state index contributed by atoms with van der Waals surface area (Å²) in [6.45, 7) is 3.83. The number of guanidine groups is 1. The smallest absolute Gasteiger partial charge is 0.409 e. The molecule has 1 aliphatic heterocycles. The molecule has 28 heavy (non-hydrogen) atoms. The Hall–Kier alpha value is -2.84. The largest absolute Gasteiger partial charge is 0.493 e. The number of nitrogens with two attached hydrogens (primary N) is 1. The Morgan fingerprint density at radius 2 is 1.79 bits per heavy atom. The van der Waals surface area contributed by atoms with E-state index in [4.69, 9.17) is 24.7 Å². The van der Waals surface area contributed by atoms with Gasteiger partial charge >= 0.3 is 6.09 Å². The Labute approximate surface area is 165 Å². The second-order valence-electron chi connectivity index (χ2n) is 6.34. The lowest BCUT2D eigenvalue weighted by Crippen LogP contribution is -2.48. The molecule has 9 heteroatoms. The molecule has 0 spiro atoms. The molecule has 1 saturated heterocycles. The van der Waals surface area contributed by atoms with E-state index < -0.39 is 0 Å². The summed E-state index contributed by atoms with van der Waals surface area (Å²) >= 11 is 0. The molecular formula is C19H30N4O5. The Kier molecular flexibility index (Phi) is 8.03. The maximum atomic E-state index is 11.7. The van der Waals surface area contributed by atoms with Crippen LogP contribution in [0.2, 0.25) is 0 Å². The zero-order chi connectivity index (χ0) is 20.5. The molecule has 1 aliphatic rings. The van der Waals surface area contributed by atoms with Gasteiger partial charge in [0.05, 0.1) is 34.5 Å². The summed E-state index contributed by atoms with van der Waals surface area (Å²) < 4.78 is 21.1. The first-order valence-electron chi connectivity index (χ1n) is 9.29. The van der Waals surface area contributed by atoms with Gasteiger partial charge < -0.3 is 34.9 Å². The van der Waals surface area contributed by atoms with Crippen molar-refractivity contribution >= 4 is 12.1 Å². The molecule has 0 aromatic heterocycles. The van der Waals surface area contributed by atoms with E-state index in [-0.39, 0.29) is 12.1 Å². The maximum absolute atomic E-state index is 11.7. The second-order valence-corrected chi connectivity index (χ2v) is 6.34. The summed E-state index contributed by atoms with van der Waals surface area (Å²) in [7, 11) is 4.71. The normalized spacial score (nSPS) is 15.1. The minimum absolute atomic E-state index is 0.175. The Balaban J connectivity index is 1.92. The van der Waals surface area contributed by atoms with Crippen LogP contribution in [0.1, 0.15) is 25.3 Å². The molecule has 156 valence electrons. The topological polar surface area (TPSA) is 108 Å². The second kappa shape index (κ2) is 10.5. The van der Waals surface area contributed by atoms with E-state index in [2.05, 4.69) is 10.3 Å². The van der Waals surface area contributed by atoms with E-state index in [9.17, 15) is 4.79 Å². The fraction of sp³-hybridized carbons (Fsp3) is 0.579. The van der Waals surface area contributed by atoms with Gasteiger partial charge in [-0.25, -0.2) is 9.79 Å². The maximum Gasteiger partial charge on any atom is 0.409 e. The minimum Gasteiger partial charge on any atom is -0.493 e. The summed E-state index contributed by atoms with van der Waals surface area (Å²) in [6.07, 6.45) is 1.32. The fourth-order valence-electron chi connectivity index (χ4n) is 3.08. The highest BCUT2D eigenvalue weighted by atomic mass is 16.6. The van der Waals surface area contributed by atoms with E-state index in [1.54, 1.807) is 33.2 Å². The van der Waals surface area contributed by atoms with Crippen LogP contribution in [-0.2, 0) is 11.3 Å². The first-order valence-corrected chi connectivity index (χ1v) is 9.29. The van der Waals surface area contributed by atoms with Crippen LogP contribution < -0.4 is 25.3 Å². The molecule has 0 bridgehead atoms. The molecule has 0 unspecified atom stereocenters. The van der Waals surface area contributed by atoms with Gasteiger partial charge in [-0.2, -0.15) is 0 Å². The van der Waals surface area contributed by atoms with Crippen LogP contribution in [-0.4, -0.2) is 64.0 Å². The number of hydrogen-bond donors (Lipinski definition) is 2. The van der Waals surface area contributed by atoms with Gasteiger partial charge in [0.25, 0.3) is 0 Å². The molecule has 1 fully saturated rings. The first kappa shape index (κ1) is 21.5. The van der Waals surface area contributed by atoms with E-state index >= 15 is 0 Å². The molecule has 1 amide bonds. The molecule has 3 N–H and O–H groups in total. The highest BCUT2D eigenvalue weighted by Gasteiger charge is 2.23. The molecule has 0 saturated carbocycles. The van der Waals surface area contributed by atoms with E-state index in [1.807, 2.05) is 12.1 Å². The first-order chi connectivity index (χ1) is 13.5. The molecule has 0 radical (unpaired) electrons. The minimum atomic E-state index is -0.259. The molecule has 1 heterocycles. The van der Waals surface area contributed by atoms with Crippen LogP contribution >= 0.6 is 0 Å². The van der Waals surface area contributed by atoms with E-state index in [0.29, 0.717) is 49.4 Å². The highest BCUT2D eigenvalue weighted by Crippen LogP contribution is 2.38. The summed E-state index contributed by atoms with van der Waals surface area (Å²) in [5.41, 5.74) is 6.92. The van der Waals surface area contributed by atoms with Gasteiger partial charge in [-0.3, -0.25) is 0 Å². The van der Waals surface area contributed by atoms with Crippen molar-refractivity contribution in [3.05, 3.63) is 17.7 Å². The third-order valence-electron chi connectivity index (χ3n) is 4.53.